The summed E-state index contributed by atoms with van der Waals surface area (Å²) >= 11 is 0. The largest absolute Gasteiger partial charge is 0.435 e. The van der Waals surface area contributed by atoms with Gasteiger partial charge in [-0.25, -0.2) is 8.78 Å². The molecule has 2 aromatic heterocycles. The van der Waals surface area contributed by atoms with Crippen molar-refractivity contribution in [2.75, 3.05) is 5.75 Å². The molecule has 3 heterocycles. The number of nitrogens with zero attached hydrogens (tertiary/aromatic N) is 3. The Hall–Kier alpha value is -4.34. The third kappa shape index (κ3) is 6.74. The van der Waals surface area contributed by atoms with Gasteiger partial charge in [0.2, 0.25) is 5.91 Å². The number of alkyl halides is 3. The summed E-state index contributed by atoms with van der Waals surface area (Å²) in [5.41, 5.74) is 4.81. The van der Waals surface area contributed by atoms with E-state index in [4.69, 9.17) is 5.73 Å². The molecule has 2 aromatic carbocycles. The van der Waals surface area contributed by atoms with E-state index in [0.717, 1.165) is 10.7 Å². The Morgan fingerprint density at radius 2 is 1.86 bits per heavy atom. The van der Waals surface area contributed by atoms with Crippen molar-refractivity contribution in [3.05, 3.63) is 106 Å². The van der Waals surface area contributed by atoms with Crippen LogP contribution in [-0.4, -0.2) is 41.4 Å². The van der Waals surface area contributed by atoms with Crippen LogP contribution >= 0.6 is 10.6 Å². The highest BCUT2D eigenvalue weighted by Gasteiger charge is 2.42. The summed E-state index contributed by atoms with van der Waals surface area (Å²) < 4.78 is 90.6. The van der Waals surface area contributed by atoms with Crippen LogP contribution in [0.3, 0.4) is 0 Å². The van der Waals surface area contributed by atoms with E-state index in [9.17, 15) is 40.6 Å². The van der Waals surface area contributed by atoms with Crippen molar-refractivity contribution in [1.29, 1.82) is 0 Å². The molecule has 1 atom stereocenters. The van der Waals surface area contributed by atoms with Gasteiger partial charge in [0, 0.05) is 35.2 Å². The minimum absolute atomic E-state index is 0.00328. The van der Waals surface area contributed by atoms with Crippen LogP contribution in [0.1, 0.15) is 44.6 Å². The van der Waals surface area contributed by atoms with Crippen LogP contribution in [0, 0.1) is 11.6 Å². The SMILES string of the molecule is NC(=O)c1cc(-c2cccnc2[C@H](Cc2cccc(F)c2)NC(=O)Cn2nc(C(F)(F)F)c3c2CCS(O)(O)C3)ccc1F. The Bertz CT molecular complexity index is 1740. The first-order valence-corrected chi connectivity index (χ1v) is 15.1. The van der Waals surface area contributed by atoms with E-state index in [1.807, 2.05) is 0 Å². The van der Waals surface area contributed by atoms with Crippen molar-refractivity contribution in [3.8, 4) is 11.1 Å². The molecule has 15 heteroatoms. The van der Waals surface area contributed by atoms with Gasteiger partial charge >= 0.3 is 6.18 Å². The molecular weight excluding hydrogens is 609 g/mol. The summed E-state index contributed by atoms with van der Waals surface area (Å²) in [5.74, 6) is -3.92. The first-order chi connectivity index (χ1) is 20.7. The van der Waals surface area contributed by atoms with Crippen LogP contribution in [-0.2, 0) is 36.1 Å². The number of halogens is 5. The molecule has 4 aromatic rings. The number of carbonyl (C=O) groups excluding carboxylic acids is 2. The molecule has 9 nitrogen and oxygen atoms in total. The first kappa shape index (κ1) is 31.1. The van der Waals surface area contributed by atoms with E-state index in [2.05, 4.69) is 15.4 Å². The van der Waals surface area contributed by atoms with Crippen molar-refractivity contribution < 1.29 is 40.6 Å². The highest BCUT2D eigenvalue weighted by Crippen LogP contribution is 2.50. The van der Waals surface area contributed by atoms with Gasteiger partial charge in [-0.15, -0.1) is 0 Å². The van der Waals surface area contributed by atoms with E-state index >= 15 is 0 Å². The first-order valence-electron chi connectivity index (χ1n) is 13.2. The zero-order valence-electron chi connectivity index (χ0n) is 22.8. The number of amides is 2. The monoisotopic (exact) mass is 635 g/mol. The second-order valence-corrected chi connectivity index (χ2v) is 12.6. The lowest BCUT2D eigenvalue weighted by Crippen LogP contribution is -2.34. The molecule has 5 rings (SSSR count). The third-order valence-corrected chi connectivity index (χ3v) is 8.75. The fraction of sp³-hybridized carbons (Fsp3) is 0.241. The molecule has 232 valence electrons. The lowest BCUT2D eigenvalue weighted by Gasteiger charge is -2.36. The smallest absolute Gasteiger partial charge is 0.366 e. The standard InChI is InChI=1S/C29H26F5N5O4S/c30-18-4-1-3-16(11-18)12-23(26-19(5-2-9-36-26)17-6-7-22(31)20(13-17)28(35)41)37-25(40)14-39-24-8-10-44(42,43)15-21(24)27(38-39)29(32,33)34/h1-7,9,11,13,23,42-43H,8,10,12,14-15H2,(H2,35,41)(H,37,40)/t23-/m0/s1. The van der Waals surface area contributed by atoms with Gasteiger partial charge in [-0.1, -0.05) is 24.3 Å². The maximum Gasteiger partial charge on any atom is 0.435 e. The molecule has 0 aliphatic carbocycles. The predicted molar refractivity (Wildman–Crippen MR) is 151 cm³/mol. The van der Waals surface area contributed by atoms with E-state index in [1.54, 1.807) is 18.2 Å². The Kier molecular flexibility index (Phi) is 8.46. The minimum Gasteiger partial charge on any atom is -0.366 e. The molecule has 44 heavy (non-hydrogen) atoms. The molecule has 5 N–H and O–H groups in total. The summed E-state index contributed by atoms with van der Waals surface area (Å²) in [4.78, 5) is 29.6. The second-order valence-electron chi connectivity index (χ2n) is 10.3. The minimum atomic E-state index is -4.89. The summed E-state index contributed by atoms with van der Waals surface area (Å²) in [6.07, 6.45) is -3.58. The van der Waals surface area contributed by atoms with Gasteiger partial charge in [0.1, 0.15) is 18.2 Å². The number of rotatable bonds is 8. The average Bonchev–Trinajstić information content (AvgIpc) is 3.29. The second kappa shape index (κ2) is 12.0. The fourth-order valence-corrected chi connectivity index (χ4v) is 6.63. The number of benzene rings is 2. The van der Waals surface area contributed by atoms with Gasteiger partial charge in [-0.05, 0) is 47.9 Å². The topological polar surface area (TPSA) is 143 Å². The zero-order valence-corrected chi connectivity index (χ0v) is 23.6. The number of carbonyl (C=O) groups is 2. The summed E-state index contributed by atoms with van der Waals surface area (Å²) in [6, 6.07) is 11.5. The van der Waals surface area contributed by atoms with E-state index < -0.39 is 64.2 Å². The van der Waals surface area contributed by atoms with Crippen molar-refractivity contribution in [3.63, 3.8) is 0 Å². The molecular formula is C29H26F5N5O4S. The number of hydrogen-bond acceptors (Lipinski definition) is 6. The average molecular weight is 636 g/mol. The number of fused-ring (bicyclic) bond motifs is 1. The molecule has 0 unspecified atom stereocenters. The van der Waals surface area contributed by atoms with Crippen LogP contribution in [0.5, 0.6) is 0 Å². The summed E-state index contributed by atoms with van der Waals surface area (Å²) in [6.45, 7) is -0.637. The van der Waals surface area contributed by atoms with Gasteiger partial charge in [-0.3, -0.25) is 28.4 Å². The molecule has 0 bridgehead atoms. The Morgan fingerprint density at radius 1 is 1.09 bits per heavy atom. The van der Waals surface area contributed by atoms with Gasteiger partial charge in [0.15, 0.2) is 5.69 Å². The van der Waals surface area contributed by atoms with Gasteiger partial charge in [0.25, 0.3) is 5.91 Å². The molecule has 0 saturated heterocycles. The molecule has 2 amide bonds. The number of primary amides is 1. The van der Waals surface area contributed by atoms with Crippen LogP contribution in [0.4, 0.5) is 22.0 Å². The fourth-order valence-electron chi connectivity index (χ4n) is 5.20. The quantitative estimate of drug-likeness (QED) is 0.195. The number of nitrogens with two attached hydrogens (primary N) is 1. The van der Waals surface area contributed by atoms with Gasteiger partial charge in [0.05, 0.1) is 23.1 Å². The normalized spacial score (nSPS) is 15.7. The number of pyridine rings is 1. The van der Waals surface area contributed by atoms with Crippen LogP contribution in [0.2, 0.25) is 0 Å². The maximum atomic E-state index is 14.2. The molecule has 1 aliphatic heterocycles. The number of hydrogen-bond donors (Lipinski definition) is 4. The van der Waals surface area contributed by atoms with Crippen molar-refractivity contribution in [1.82, 2.24) is 20.1 Å². The number of nitrogens with one attached hydrogen (secondary N) is 1. The van der Waals surface area contributed by atoms with Gasteiger partial charge < -0.3 is 11.1 Å². The zero-order chi connectivity index (χ0) is 31.8. The van der Waals surface area contributed by atoms with E-state index in [-0.39, 0.29) is 41.1 Å². The van der Waals surface area contributed by atoms with Crippen molar-refractivity contribution in [2.24, 2.45) is 5.73 Å². The Labute approximate surface area is 249 Å². The number of aromatic nitrogens is 3. The summed E-state index contributed by atoms with van der Waals surface area (Å²) in [7, 11) is -3.27. The van der Waals surface area contributed by atoms with Gasteiger partial charge in [-0.2, -0.15) is 28.9 Å². The molecule has 0 radical (unpaired) electrons. The van der Waals surface area contributed by atoms with Crippen LogP contribution < -0.4 is 11.1 Å². The molecule has 1 aliphatic rings. The van der Waals surface area contributed by atoms with Crippen LogP contribution in [0.15, 0.2) is 60.8 Å². The predicted octanol–water partition coefficient (Wildman–Crippen LogP) is 5.25. The third-order valence-electron chi connectivity index (χ3n) is 7.15. The highest BCUT2D eigenvalue weighted by molar-refractivity contribution is 8.23. The van der Waals surface area contributed by atoms with Crippen molar-refractivity contribution in [2.45, 2.75) is 37.4 Å². The Balaban J connectivity index is 1.51. The molecule has 0 spiro atoms. The molecule has 0 saturated carbocycles. The highest BCUT2D eigenvalue weighted by atomic mass is 32.3. The van der Waals surface area contributed by atoms with E-state index in [0.29, 0.717) is 16.7 Å². The van der Waals surface area contributed by atoms with Crippen molar-refractivity contribution >= 4 is 22.4 Å². The lowest BCUT2D eigenvalue weighted by molar-refractivity contribution is -0.142. The summed E-state index contributed by atoms with van der Waals surface area (Å²) in [5, 5.41) is 6.38. The maximum absolute atomic E-state index is 14.2. The van der Waals surface area contributed by atoms with Crippen LogP contribution in [0.25, 0.3) is 11.1 Å². The Morgan fingerprint density at radius 3 is 2.57 bits per heavy atom. The van der Waals surface area contributed by atoms with E-state index in [1.165, 1.54) is 36.5 Å². The lowest BCUT2D eigenvalue weighted by atomic mass is 9.94. The molecule has 0 fully saturated rings.